The molecule has 5 nitrogen and oxygen atoms in total. The van der Waals surface area contributed by atoms with Crippen LogP contribution in [0.25, 0.3) is 0 Å². The van der Waals surface area contributed by atoms with E-state index in [4.69, 9.17) is 5.73 Å². The van der Waals surface area contributed by atoms with E-state index in [-0.39, 0.29) is 18.4 Å². The normalized spacial score (nSPS) is 13.4. The summed E-state index contributed by atoms with van der Waals surface area (Å²) in [7, 11) is 1.60. The number of nitrogens with two attached hydrogens (primary N) is 1. The highest BCUT2D eigenvalue weighted by molar-refractivity contribution is 5.95. The monoisotopic (exact) mass is 291 g/mol. The third kappa shape index (κ3) is 5.19. The zero-order valence-corrected chi connectivity index (χ0v) is 13.3. The molecule has 0 saturated heterocycles. The molecule has 0 aliphatic carbocycles. The van der Waals surface area contributed by atoms with Crippen LogP contribution in [0.2, 0.25) is 0 Å². The Balaban J connectivity index is 2.57. The molecule has 2 amide bonds. The molecule has 0 spiro atoms. The molecule has 0 radical (unpaired) electrons. The molecular formula is C16H25N3O2. The lowest BCUT2D eigenvalue weighted by atomic mass is 9.96. The highest BCUT2D eigenvalue weighted by Crippen LogP contribution is 2.12. The van der Waals surface area contributed by atoms with Crippen molar-refractivity contribution in [2.75, 3.05) is 18.9 Å². The SMILES string of the molecule is CCCC(C)(N)C(=O)N(C)CC(=O)Nc1ccc(C)cc1. The lowest BCUT2D eigenvalue weighted by Crippen LogP contribution is -2.53. The van der Waals surface area contributed by atoms with Gasteiger partial charge in [0.15, 0.2) is 0 Å². The van der Waals surface area contributed by atoms with Gasteiger partial charge in [0.25, 0.3) is 0 Å². The van der Waals surface area contributed by atoms with Crippen LogP contribution in [-0.4, -0.2) is 35.8 Å². The lowest BCUT2D eigenvalue weighted by Gasteiger charge is -2.28. The quantitative estimate of drug-likeness (QED) is 0.840. The fraction of sp³-hybridized carbons (Fsp3) is 0.500. The van der Waals surface area contributed by atoms with Gasteiger partial charge in [-0.1, -0.05) is 31.0 Å². The van der Waals surface area contributed by atoms with Crippen molar-refractivity contribution >= 4 is 17.5 Å². The van der Waals surface area contributed by atoms with Crippen LogP contribution < -0.4 is 11.1 Å². The molecule has 1 atom stereocenters. The Kier molecular flexibility index (Phi) is 5.90. The Morgan fingerprint density at radius 2 is 1.86 bits per heavy atom. The van der Waals surface area contributed by atoms with E-state index in [1.807, 2.05) is 38.1 Å². The van der Waals surface area contributed by atoms with Gasteiger partial charge >= 0.3 is 0 Å². The zero-order chi connectivity index (χ0) is 16.0. The second-order valence-electron chi connectivity index (χ2n) is 5.74. The summed E-state index contributed by atoms with van der Waals surface area (Å²) >= 11 is 0. The van der Waals surface area contributed by atoms with Crippen molar-refractivity contribution in [3.63, 3.8) is 0 Å². The summed E-state index contributed by atoms with van der Waals surface area (Å²) in [5.74, 6) is -0.453. The van der Waals surface area contributed by atoms with E-state index in [1.54, 1.807) is 14.0 Å². The predicted molar refractivity (Wildman–Crippen MR) is 84.9 cm³/mol. The largest absolute Gasteiger partial charge is 0.335 e. The van der Waals surface area contributed by atoms with Crippen molar-refractivity contribution < 1.29 is 9.59 Å². The van der Waals surface area contributed by atoms with E-state index in [2.05, 4.69) is 5.32 Å². The van der Waals surface area contributed by atoms with Gasteiger partial charge < -0.3 is 16.0 Å². The molecule has 0 aliphatic rings. The summed E-state index contributed by atoms with van der Waals surface area (Å²) < 4.78 is 0. The van der Waals surface area contributed by atoms with Crippen LogP contribution >= 0.6 is 0 Å². The second-order valence-corrected chi connectivity index (χ2v) is 5.74. The van der Waals surface area contributed by atoms with Gasteiger partial charge in [-0.05, 0) is 32.4 Å². The van der Waals surface area contributed by atoms with Gasteiger partial charge in [0.2, 0.25) is 11.8 Å². The fourth-order valence-corrected chi connectivity index (χ4v) is 2.19. The van der Waals surface area contributed by atoms with E-state index in [0.717, 1.165) is 17.7 Å². The molecule has 21 heavy (non-hydrogen) atoms. The predicted octanol–water partition coefficient (Wildman–Crippen LogP) is 1.91. The summed E-state index contributed by atoms with van der Waals surface area (Å²) in [6, 6.07) is 7.50. The van der Waals surface area contributed by atoms with Crippen LogP contribution in [0.3, 0.4) is 0 Å². The Bertz CT molecular complexity index is 495. The lowest BCUT2D eigenvalue weighted by molar-refractivity contribution is -0.137. The first kappa shape index (κ1) is 17.2. The summed E-state index contributed by atoms with van der Waals surface area (Å²) in [6.07, 6.45) is 1.41. The number of carbonyl (C=O) groups excluding carboxylic acids is 2. The van der Waals surface area contributed by atoms with Crippen molar-refractivity contribution in [1.82, 2.24) is 4.90 Å². The minimum Gasteiger partial charge on any atom is -0.335 e. The van der Waals surface area contributed by atoms with Gasteiger partial charge in [0.05, 0.1) is 12.1 Å². The van der Waals surface area contributed by atoms with Gasteiger partial charge in [0, 0.05) is 12.7 Å². The van der Waals surface area contributed by atoms with E-state index < -0.39 is 5.54 Å². The van der Waals surface area contributed by atoms with Gasteiger partial charge in [-0.2, -0.15) is 0 Å². The molecule has 0 aromatic heterocycles. The molecule has 1 aromatic rings. The Morgan fingerprint density at radius 3 is 2.38 bits per heavy atom. The molecule has 0 saturated carbocycles. The first-order chi connectivity index (χ1) is 9.76. The minimum atomic E-state index is -0.923. The highest BCUT2D eigenvalue weighted by atomic mass is 16.2. The summed E-state index contributed by atoms with van der Waals surface area (Å²) in [5, 5.41) is 2.76. The minimum absolute atomic E-state index is 0.0107. The van der Waals surface area contributed by atoms with Crippen LogP contribution in [0.4, 0.5) is 5.69 Å². The average Bonchev–Trinajstić information content (AvgIpc) is 2.40. The second kappa shape index (κ2) is 7.22. The third-order valence-corrected chi connectivity index (χ3v) is 3.32. The van der Waals surface area contributed by atoms with Crippen molar-refractivity contribution in [2.24, 2.45) is 5.73 Å². The first-order valence-corrected chi connectivity index (χ1v) is 7.17. The molecule has 0 bridgehead atoms. The van der Waals surface area contributed by atoms with Crippen LogP contribution in [0.5, 0.6) is 0 Å². The number of nitrogens with zero attached hydrogens (tertiary/aromatic N) is 1. The molecule has 0 fully saturated rings. The van der Waals surface area contributed by atoms with E-state index in [1.165, 1.54) is 4.90 Å². The van der Waals surface area contributed by atoms with Crippen LogP contribution in [0, 0.1) is 6.92 Å². The van der Waals surface area contributed by atoms with Gasteiger partial charge in [-0.25, -0.2) is 0 Å². The zero-order valence-electron chi connectivity index (χ0n) is 13.3. The number of nitrogens with one attached hydrogen (secondary N) is 1. The molecule has 0 heterocycles. The third-order valence-electron chi connectivity index (χ3n) is 3.32. The first-order valence-electron chi connectivity index (χ1n) is 7.17. The van der Waals surface area contributed by atoms with Crippen molar-refractivity contribution in [1.29, 1.82) is 0 Å². The maximum Gasteiger partial charge on any atom is 0.243 e. The van der Waals surface area contributed by atoms with Gasteiger partial charge in [0.1, 0.15) is 0 Å². The Morgan fingerprint density at radius 1 is 1.29 bits per heavy atom. The number of amides is 2. The average molecular weight is 291 g/mol. The Labute approximate surface area is 126 Å². The molecule has 116 valence electrons. The van der Waals surface area contributed by atoms with E-state index >= 15 is 0 Å². The highest BCUT2D eigenvalue weighted by Gasteiger charge is 2.30. The van der Waals surface area contributed by atoms with Crippen molar-refractivity contribution in [3.8, 4) is 0 Å². The number of carbonyl (C=O) groups is 2. The fourth-order valence-electron chi connectivity index (χ4n) is 2.19. The maximum atomic E-state index is 12.2. The molecular weight excluding hydrogens is 266 g/mol. The molecule has 5 heteroatoms. The Hall–Kier alpha value is -1.88. The number of hydrogen-bond donors (Lipinski definition) is 2. The van der Waals surface area contributed by atoms with Gasteiger partial charge in [-0.15, -0.1) is 0 Å². The van der Waals surface area contributed by atoms with Crippen molar-refractivity contribution in [2.45, 2.75) is 39.2 Å². The number of likely N-dealkylation sites (N-methyl/N-ethyl adjacent to an activating group) is 1. The smallest absolute Gasteiger partial charge is 0.243 e. The van der Waals surface area contributed by atoms with Crippen molar-refractivity contribution in [3.05, 3.63) is 29.8 Å². The van der Waals surface area contributed by atoms with E-state index in [9.17, 15) is 9.59 Å². The maximum absolute atomic E-state index is 12.2. The summed E-state index contributed by atoms with van der Waals surface area (Å²) in [5.41, 5.74) is 6.91. The number of benzene rings is 1. The van der Waals surface area contributed by atoms with Crippen LogP contribution in [0.1, 0.15) is 32.3 Å². The number of aryl methyl sites for hydroxylation is 1. The summed E-state index contributed by atoms with van der Waals surface area (Å²) in [4.78, 5) is 25.5. The standard InChI is InChI=1S/C16H25N3O2/c1-5-10-16(3,17)15(21)19(4)11-14(20)18-13-8-6-12(2)7-9-13/h6-9H,5,10-11,17H2,1-4H3,(H,18,20). The molecule has 1 rings (SSSR count). The van der Waals surface area contributed by atoms with Crippen LogP contribution in [0.15, 0.2) is 24.3 Å². The van der Waals surface area contributed by atoms with Crippen LogP contribution in [-0.2, 0) is 9.59 Å². The molecule has 1 aromatic carbocycles. The topological polar surface area (TPSA) is 75.4 Å². The number of rotatable bonds is 6. The number of anilines is 1. The van der Waals surface area contributed by atoms with E-state index in [0.29, 0.717) is 6.42 Å². The molecule has 0 aliphatic heterocycles. The summed E-state index contributed by atoms with van der Waals surface area (Å²) in [6.45, 7) is 5.65. The number of hydrogen-bond acceptors (Lipinski definition) is 3. The molecule has 1 unspecified atom stereocenters. The molecule has 3 N–H and O–H groups in total. The van der Waals surface area contributed by atoms with Gasteiger partial charge in [-0.3, -0.25) is 9.59 Å².